The summed E-state index contributed by atoms with van der Waals surface area (Å²) in [5.74, 6) is -0.509. The average Bonchev–Trinajstić information content (AvgIpc) is 3.14. The van der Waals surface area contributed by atoms with Gasteiger partial charge in [0, 0.05) is 31.6 Å². The van der Waals surface area contributed by atoms with Crippen LogP contribution in [-0.4, -0.2) is 47.9 Å². The van der Waals surface area contributed by atoms with E-state index in [1.54, 1.807) is 12.3 Å². The predicted molar refractivity (Wildman–Crippen MR) is 103 cm³/mol. The van der Waals surface area contributed by atoms with E-state index in [9.17, 15) is 4.79 Å². The van der Waals surface area contributed by atoms with Crippen molar-refractivity contribution < 1.29 is 14.3 Å². The molecule has 0 saturated carbocycles. The minimum atomic E-state index is -0.469. The standard InChI is InChI=1S/C21H25N3O3/c1-15-4-3-5-18(16(15)2)23-17-6-7-19(22-14-17)20(25)24-10-8-21(9-11-24)26-12-13-27-21/h3-7,14,23H,8-13H2,1-2H3. The van der Waals surface area contributed by atoms with Crippen LogP contribution < -0.4 is 5.32 Å². The van der Waals surface area contributed by atoms with Gasteiger partial charge in [0.15, 0.2) is 5.79 Å². The van der Waals surface area contributed by atoms with Gasteiger partial charge in [0.1, 0.15) is 5.69 Å². The Labute approximate surface area is 159 Å². The van der Waals surface area contributed by atoms with Gasteiger partial charge in [-0.15, -0.1) is 0 Å². The summed E-state index contributed by atoms with van der Waals surface area (Å²) < 4.78 is 11.4. The van der Waals surface area contributed by atoms with Gasteiger partial charge in [-0.2, -0.15) is 0 Å². The molecule has 3 heterocycles. The quantitative estimate of drug-likeness (QED) is 0.901. The van der Waals surface area contributed by atoms with Gasteiger partial charge in [0.05, 0.1) is 25.1 Å². The highest BCUT2D eigenvalue weighted by atomic mass is 16.7. The summed E-state index contributed by atoms with van der Waals surface area (Å²) >= 11 is 0. The Balaban J connectivity index is 1.40. The number of carbonyl (C=O) groups is 1. The molecule has 2 saturated heterocycles. The number of likely N-dealkylation sites (tertiary alicyclic amines) is 1. The molecule has 1 spiro atoms. The maximum Gasteiger partial charge on any atom is 0.272 e. The Hall–Kier alpha value is -2.44. The number of aryl methyl sites for hydroxylation is 1. The lowest BCUT2D eigenvalue weighted by atomic mass is 10.0. The van der Waals surface area contributed by atoms with Gasteiger partial charge >= 0.3 is 0 Å². The van der Waals surface area contributed by atoms with Crippen LogP contribution in [0.15, 0.2) is 36.5 Å². The molecule has 0 radical (unpaired) electrons. The highest BCUT2D eigenvalue weighted by Crippen LogP contribution is 2.31. The molecule has 0 atom stereocenters. The molecule has 27 heavy (non-hydrogen) atoms. The van der Waals surface area contributed by atoms with Crippen molar-refractivity contribution in [3.8, 4) is 0 Å². The number of ether oxygens (including phenoxy) is 2. The summed E-state index contributed by atoms with van der Waals surface area (Å²) in [6.45, 7) is 6.72. The Morgan fingerprint density at radius 1 is 1.11 bits per heavy atom. The normalized spacial score (nSPS) is 18.7. The predicted octanol–water partition coefficient (Wildman–Crippen LogP) is 3.42. The van der Waals surface area contributed by atoms with E-state index < -0.39 is 5.79 Å². The molecule has 1 aromatic carbocycles. The molecule has 0 unspecified atom stereocenters. The molecule has 1 amide bonds. The van der Waals surface area contributed by atoms with E-state index in [-0.39, 0.29) is 5.91 Å². The highest BCUT2D eigenvalue weighted by molar-refractivity contribution is 5.92. The van der Waals surface area contributed by atoms with Gasteiger partial charge in [0.2, 0.25) is 0 Å². The van der Waals surface area contributed by atoms with Crippen LogP contribution in [0.3, 0.4) is 0 Å². The second kappa shape index (κ2) is 7.29. The summed E-state index contributed by atoms with van der Waals surface area (Å²) in [6.07, 6.45) is 3.14. The zero-order valence-corrected chi connectivity index (χ0v) is 15.8. The molecule has 6 nitrogen and oxygen atoms in total. The van der Waals surface area contributed by atoms with Crippen LogP contribution in [0.25, 0.3) is 0 Å². The van der Waals surface area contributed by atoms with Gasteiger partial charge in [-0.25, -0.2) is 4.98 Å². The van der Waals surface area contributed by atoms with Crippen LogP contribution in [0.5, 0.6) is 0 Å². The maximum absolute atomic E-state index is 12.7. The van der Waals surface area contributed by atoms with Crippen molar-refractivity contribution in [1.82, 2.24) is 9.88 Å². The summed E-state index contributed by atoms with van der Waals surface area (Å²) in [4.78, 5) is 18.9. The van der Waals surface area contributed by atoms with Crippen molar-refractivity contribution in [2.75, 3.05) is 31.6 Å². The Morgan fingerprint density at radius 2 is 1.85 bits per heavy atom. The van der Waals surface area contributed by atoms with Crippen LogP contribution in [-0.2, 0) is 9.47 Å². The number of hydrogen-bond donors (Lipinski definition) is 1. The fraction of sp³-hybridized carbons (Fsp3) is 0.429. The number of anilines is 2. The molecule has 4 rings (SSSR count). The van der Waals surface area contributed by atoms with E-state index >= 15 is 0 Å². The number of amides is 1. The second-order valence-corrected chi connectivity index (χ2v) is 7.20. The summed E-state index contributed by atoms with van der Waals surface area (Å²) in [5.41, 5.74) is 4.82. The van der Waals surface area contributed by atoms with E-state index in [2.05, 4.69) is 30.2 Å². The lowest BCUT2D eigenvalue weighted by Gasteiger charge is -2.37. The second-order valence-electron chi connectivity index (χ2n) is 7.20. The van der Waals surface area contributed by atoms with Crippen LogP contribution in [0.1, 0.15) is 34.5 Å². The van der Waals surface area contributed by atoms with Gasteiger partial charge in [-0.3, -0.25) is 4.79 Å². The third kappa shape index (κ3) is 3.68. The van der Waals surface area contributed by atoms with E-state index in [1.165, 1.54) is 11.1 Å². The first kappa shape index (κ1) is 17.9. The molecule has 2 fully saturated rings. The first-order chi connectivity index (χ1) is 13.1. The van der Waals surface area contributed by atoms with Crippen molar-refractivity contribution >= 4 is 17.3 Å². The molecule has 0 bridgehead atoms. The number of pyridine rings is 1. The SMILES string of the molecule is Cc1cccc(Nc2ccc(C(=O)N3CCC4(CC3)OCCO4)nc2)c1C. The fourth-order valence-electron chi connectivity index (χ4n) is 3.63. The molecule has 2 aliphatic heterocycles. The number of hydrogen-bond acceptors (Lipinski definition) is 5. The van der Waals surface area contributed by atoms with Gasteiger partial charge in [0.25, 0.3) is 5.91 Å². The number of carbonyl (C=O) groups excluding carboxylic acids is 1. The third-order valence-corrected chi connectivity index (χ3v) is 5.49. The maximum atomic E-state index is 12.7. The van der Waals surface area contributed by atoms with Crippen molar-refractivity contribution in [2.45, 2.75) is 32.5 Å². The zero-order valence-electron chi connectivity index (χ0n) is 15.8. The first-order valence-electron chi connectivity index (χ1n) is 9.43. The molecule has 2 aromatic rings. The largest absolute Gasteiger partial charge is 0.354 e. The van der Waals surface area contributed by atoms with Crippen molar-refractivity contribution in [3.05, 3.63) is 53.3 Å². The minimum Gasteiger partial charge on any atom is -0.354 e. The molecule has 0 aliphatic carbocycles. The monoisotopic (exact) mass is 367 g/mol. The van der Waals surface area contributed by atoms with E-state index in [0.717, 1.165) is 11.4 Å². The minimum absolute atomic E-state index is 0.0406. The number of aromatic nitrogens is 1. The Morgan fingerprint density at radius 3 is 2.52 bits per heavy atom. The van der Waals surface area contributed by atoms with Gasteiger partial charge in [-0.1, -0.05) is 12.1 Å². The van der Waals surface area contributed by atoms with Crippen LogP contribution in [0.4, 0.5) is 11.4 Å². The molecule has 6 heteroatoms. The average molecular weight is 367 g/mol. The van der Waals surface area contributed by atoms with Crippen molar-refractivity contribution in [1.29, 1.82) is 0 Å². The van der Waals surface area contributed by atoms with E-state index in [0.29, 0.717) is 44.8 Å². The summed E-state index contributed by atoms with van der Waals surface area (Å²) in [6, 6.07) is 9.83. The topological polar surface area (TPSA) is 63.7 Å². The Kier molecular flexibility index (Phi) is 4.85. The Bertz CT molecular complexity index is 819. The van der Waals surface area contributed by atoms with Crippen molar-refractivity contribution in [3.63, 3.8) is 0 Å². The number of nitrogens with one attached hydrogen (secondary N) is 1. The molecular weight excluding hydrogens is 342 g/mol. The fourth-order valence-corrected chi connectivity index (χ4v) is 3.63. The van der Waals surface area contributed by atoms with Crippen molar-refractivity contribution in [2.24, 2.45) is 0 Å². The van der Waals surface area contributed by atoms with Crippen LogP contribution >= 0.6 is 0 Å². The summed E-state index contributed by atoms with van der Waals surface area (Å²) in [7, 11) is 0. The number of benzene rings is 1. The first-order valence-corrected chi connectivity index (χ1v) is 9.43. The smallest absolute Gasteiger partial charge is 0.272 e. The lowest BCUT2D eigenvalue weighted by Crippen LogP contribution is -2.47. The molecule has 1 N–H and O–H groups in total. The van der Waals surface area contributed by atoms with Crippen LogP contribution in [0.2, 0.25) is 0 Å². The molecular formula is C21H25N3O3. The lowest BCUT2D eigenvalue weighted by molar-refractivity contribution is -0.181. The van der Waals surface area contributed by atoms with Gasteiger partial charge in [-0.05, 0) is 43.2 Å². The van der Waals surface area contributed by atoms with Crippen LogP contribution in [0, 0.1) is 13.8 Å². The molecule has 142 valence electrons. The number of rotatable bonds is 3. The molecule has 1 aromatic heterocycles. The van der Waals surface area contributed by atoms with E-state index in [4.69, 9.17) is 9.47 Å². The molecule has 2 aliphatic rings. The number of piperidine rings is 1. The highest BCUT2D eigenvalue weighted by Gasteiger charge is 2.40. The zero-order chi connectivity index (χ0) is 18.9. The van der Waals surface area contributed by atoms with Gasteiger partial charge < -0.3 is 19.7 Å². The van der Waals surface area contributed by atoms with E-state index in [1.807, 2.05) is 23.1 Å². The number of nitrogens with zero attached hydrogens (tertiary/aromatic N) is 2. The summed E-state index contributed by atoms with van der Waals surface area (Å²) in [5, 5.41) is 3.37. The third-order valence-electron chi connectivity index (χ3n) is 5.49.